The molecular weight excluding hydrogens is 162 g/mol. The minimum Gasteiger partial charge on any atom is -0.391 e. The lowest BCUT2D eigenvalue weighted by atomic mass is 10.0. The standard InChI is InChI=1S/C7H15NO4/c1-3-5(10)6(8-12)7(11)4(2)9/h4-7,9-11H,3H2,1-2H3. The average Bonchev–Trinajstić information content (AvgIpc) is 2.05. The highest BCUT2D eigenvalue weighted by Gasteiger charge is 2.30. The van der Waals surface area contributed by atoms with Crippen LogP contribution in [0.1, 0.15) is 20.3 Å². The van der Waals surface area contributed by atoms with E-state index in [2.05, 4.69) is 5.18 Å². The van der Waals surface area contributed by atoms with Crippen LogP contribution in [0.2, 0.25) is 0 Å². The first-order valence-corrected chi connectivity index (χ1v) is 3.91. The molecule has 0 fully saturated rings. The van der Waals surface area contributed by atoms with Crippen LogP contribution in [-0.2, 0) is 0 Å². The Labute approximate surface area is 71.0 Å². The van der Waals surface area contributed by atoms with E-state index in [1.54, 1.807) is 6.92 Å². The maximum absolute atomic E-state index is 10.2. The van der Waals surface area contributed by atoms with Gasteiger partial charge in [0, 0.05) is 0 Å². The lowest BCUT2D eigenvalue weighted by molar-refractivity contribution is -0.0195. The van der Waals surface area contributed by atoms with E-state index in [1.807, 2.05) is 0 Å². The predicted octanol–water partition coefficient (Wildman–Crippen LogP) is -0.366. The van der Waals surface area contributed by atoms with Crippen molar-refractivity contribution in [2.45, 2.75) is 44.6 Å². The van der Waals surface area contributed by atoms with Crippen molar-refractivity contribution in [2.75, 3.05) is 0 Å². The van der Waals surface area contributed by atoms with E-state index >= 15 is 0 Å². The van der Waals surface area contributed by atoms with Gasteiger partial charge in [0.25, 0.3) is 0 Å². The van der Waals surface area contributed by atoms with Gasteiger partial charge >= 0.3 is 0 Å². The molecule has 4 unspecified atom stereocenters. The highest BCUT2D eigenvalue weighted by Crippen LogP contribution is 2.10. The van der Waals surface area contributed by atoms with E-state index in [4.69, 9.17) is 5.11 Å². The Morgan fingerprint density at radius 3 is 2.08 bits per heavy atom. The van der Waals surface area contributed by atoms with Crippen LogP contribution < -0.4 is 0 Å². The van der Waals surface area contributed by atoms with Crippen LogP contribution in [0.4, 0.5) is 0 Å². The van der Waals surface area contributed by atoms with Crippen molar-refractivity contribution in [1.82, 2.24) is 0 Å². The van der Waals surface area contributed by atoms with E-state index in [0.29, 0.717) is 6.42 Å². The van der Waals surface area contributed by atoms with Gasteiger partial charge in [-0.2, -0.15) is 4.91 Å². The highest BCUT2D eigenvalue weighted by molar-refractivity contribution is 4.84. The Hall–Kier alpha value is -0.520. The quantitative estimate of drug-likeness (QED) is 0.500. The molecule has 0 aromatic rings. The van der Waals surface area contributed by atoms with Crippen molar-refractivity contribution in [3.8, 4) is 0 Å². The molecular formula is C7H15NO4. The molecule has 0 aliphatic heterocycles. The second-order valence-electron chi connectivity index (χ2n) is 2.80. The largest absolute Gasteiger partial charge is 0.391 e. The van der Waals surface area contributed by atoms with Gasteiger partial charge in [-0.3, -0.25) is 0 Å². The molecule has 0 rings (SSSR count). The molecule has 0 saturated carbocycles. The number of hydrogen-bond acceptors (Lipinski definition) is 5. The molecule has 0 aromatic carbocycles. The van der Waals surface area contributed by atoms with Gasteiger partial charge < -0.3 is 15.3 Å². The van der Waals surface area contributed by atoms with E-state index in [1.165, 1.54) is 6.92 Å². The van der Waals surface area contributed by atoms with Crippen LogP contribution in [0.25, 0.3) is 0 Å². The van der Waals surface area contributed by atoms with E-state index in [9.17, 15) is 15.1 Å². The van der Waals surface area contributed by atoms with Gasteiger partial charge in [0.15, 0.2) is 0 Å². The summed E-state index contributed by atoms with van der Waals surface area (Å²) < 4.78 is 0. The summed E-state index contributed by atoms with van der Waals surface area (Å²) in [6.07, 6.45) is -3.03. The fourth-order valence-electron chi connectivity index (χ4n) is 0.887. The zero-order valence-electron chi connectivity index (χ0n) is 7.21. The monoisotopic (exact) mass is 177 g/mol. The first-order chi connectivity index (χ1) is 5.54. The summed E-state index contributed by atoms with van der Waals surface area (Å²) in [7, 11) is 0. The van der Waals surface area contributed by atoms with Crippen molar-refractivity contribution >= 4 is 0 Å². The summed E-state index contributed by atoms with van der Waals surface area (Å²) in [6, 6.07) is -1.14. The normalized spacial score (nSPS) is 21.1. The van der Waals surface area contributed by atoms with Crippen molar-refractivity contribution in [3.05, 3.63) is 4.91 Å². The van der Waals surface area contributed by atoms with Crippen molar-refractivity contribution in [2.24, 2.45) is 5.18 Å². The summed E-state index contributed by atoms with van der Waals surface area (Å²) in [5.41, 5.74) is 0. The third kappa shape index (κ3) is 2.84. The van der Waals surface area contributed by atoms with Crippen molar-refractivity contribution in [3.63, 3.8) is 0 Å². The minimum absolute atomic E-state index is 0.320. The summed E-state index contributed by atoms with van der Waals surface area (Å²) in [5, 5.41) is 29.8. The van der Waals surface area contributed by atoms with Crippen LogP contribution >= 0.6 is 0 Å². The lowest BCUT2D eigenvalue weighted by Gasteiger charge is -2.22. The molecule has 0 bridgehead atoms. The molecule has 5 nitrogen and oxygen atoms in total. The molecule has 0 aliphatic carbocycles. The first kappa shape index (κ1) is 11.5. The predicted molar refractivity (Wildman–Crippen MR) is 43.6 cm³/mol. The molecule has 0 aromatic heterocycles. The molecule has 4 atom stereocenters. The number of aliphatic hydroxyl groups is 3. The van der Waals surface area contributed by atoms with Gasteiger partial charge in [0.2, 0.25) is 0 Å². The third-order valence-electron chi connectivity index (χ3n) is 1.78. The molecule has 0 aliphatic rings. The molecule has 0 radical (unpaired) electrons. The van der Waals surface area contributed by atoms with Crippen LogP contribution in [-0.4, -0.2) is 39.7 Å². The van der Waals surface area contributed by atoms with Gasteiger partial charge in [-0.15, -0.1) is 0 Å². The lowest BCUT2D eigenvalue weighted by Crippen LogP contribution is -2.41. The average molecular weight is 177 g/mol. The number of nitrogens with zero attached hydrogens (tertiary/aromatic N) is 1. The summed E-state index contributed by atoms with van der Waals surface area (Å²) in [4.78, 5) is 10.2. The summed E-state index contributed by atoms with van der Waals surface area (Å²) >= 11 is 0. The zero-order chi connectivity index (χ0) is 9.72. The SMILES string of the molecule is CCC(O)C(N=O)C(O)C(C)O. The maximum atomic E-state index is 10.2. The smallest absolute Gasteiger partial charge is 0.146 e. The molecule has 72 valence electrons. The number of aliphatic hydroxyl groups excluding tert-OH is 3. The van der Waals surface area contributed by atoms with Gasteiger partial charge in [0.1, 0.15) is 12.1 Å². The summed E-state index contributed by atoms with van der Waals surface area (Å²) in [5.74, 6) is 0. The third-order valence-corrected chi connectivity index (χ3v) is 1.78. The second kappa shape index (κ2) is 5.18. The van der Waals surface area contributed by atoms with Crippen molar-refractivity contribution in [1.29, 1.82) is 0 Å². The number of rotatable bonds is 5. The van der Waals surface area contributed by atoms with Gasteiger partial charge in [-0.1, -0.05) is 12.1 Å². The van der Waals surface area contributed by atoms with Crippen LogP contribution in [0.5, 0.6) is 0 Å². The van der Waals surface area contributed by atoms with Crippen LogP contribution in [0.3, 0.4) is 0 Å². The van der Waals surface area contributed by atoms with Crippen molar-refractivity contribution < 1.29 is 15.3 Å². The molecule has 0 amide bonds. The van der Waals surface area contributed by atoms with Crippen LogP contribution in [0.15, 0.2) is 5.18 Å². The Morgan fingerprint density at radius 2 is 1.83 bits per heavy atom. The zero-order valence-corrected chi connectivity index (χ0v) is 7.21. The fraction of sp³-hybridized carbons (Fsp3) is 1.00. The number of nitroso groups, excluding NO2 is 1. The van der Waals surface area contributed by atoms with E-state index in [-0.39, 0.29) is 0 Å². The maximum Gasteiger partial charge on any atom is 0.146 e. The van der Waals surface area contributed by atoms with Gasteiger partial charge in [-0.25, -0.2) is 0 Å². The molecule has 12 heavy (non-hydrogen) atoms. The van der Waals surface area contributed by atoms with E-state index in [0.717, 1.165) is 0 Å². The first-order valence-electron chi connectivity index (χ1n) is 3.91. The summed E-state index contributed by atoms with van der Waals surface area (Å²) in [6.45, 7) is 3.00. The van der Waals surface area contributed by atoms with Gasteiger partial charge in [0.05, 0.1) is 12.2 Å². The Balaban J connectivity index is 4.23. The Bertz CT molecular complexity index is 139. The Kier molecular flexibility index (Phi) is 4.96. The minimum atomic E-state index is -1.29. The van der Waals surface area contributed by atoms with Crippen LogP contribution in [0, 0.1) is 4.91 Å². The molecule has 3 N–H and O–H groups in total. The molecule has 0 heterocycles. The number of hydrogen-bond donors (Lipinski definition) is 3. The topological polar surface area (TPSA) is 90.1 Å². The second-order valence-corrected chi connectivity index (χ2v) is 2.80. The Morgan fingerprint density at radius 1 is 1.33 bits per heavy atom. The van der Waals surface area contributed by atoms with E-state index < -0.39 is 24.4 Å². The molecule has 0 spiro atoms. The molecule has 0 saturated heterocycles. The fourth-order valence-corrected chi connectivity index (χ4v) is 0.887. The highest BCUT2D eigenvalue weighted by atomic mass is 16.3. The molecule has 5 heteroatoms. The van der Waals surface area contributed by atoms with Gasteiger partial charge in [-0.05, 0) is 13.3 Å².